The molecule has 2 rings (SSSR count). The molecule has 3 nitrogen and oxygen atoms in total. The van der Waals surface area contributed by atoms with Crippen molar-refractivity contribution in [2.24, 2.45) is 0 Å². The maximum atomic E-state index is 9.12. The van der Waals surface area contributed by atoms with E-state index in [1.165, 1.54) is 0 Å². The number of anilines is 3. The number of phenols is 1. The summed E-state index contributed by atoms with van der Waals surface area (Å²) in [6, 6.07) is 14.4. The Labute approximate surface area is 88.2 Å². The molecule has 76 valence electrons. The zero-order valence-electron chi connectivity index (χ0n) is 8.14. The van der Waals surface area contributed by atoms with Crippen molar-refractivity contribution in [1.82, 2.24) is 0 Å². The topological polar surface area (TPSA) is 58.3 Å². The fraction of sp³-hybridized carbons (Fsp3) is 0. The molecule has 4 N–H and O–H groups in total. The van der Waals surface area contributed by atoms with Crippen LogP contribution in [0.1, 0.15) is 0 Å². The second kappa shape index (κ2) is 3.92. The quantitative estimate of drug-likeness (QED) is 0.516. The van der Waals surface area contributed by atoms with E-state index in [1.54, 1.807) is 24.3 Å². The summed E-state index contributed by atoms with van der Waals surface area (Å²) in [5.41, 5.74) is 8.24. The molecule has 0 bridgehead atoms. The summed E-state index contributed by atoms with van der Waals surface area (Å²) >= 11 is 0. The van der Waals surface area contributed by atoms with E-state index in [0.29, 0.717) is 5.69 Å². The Bertz CT molecular complexity index is 451. The molecule has 3 heteroatoms. The van der Waals surface area contributed by atoms with Gasteiger partial charge in [-0.3, -0.25) is 0 Å². The minimum absolute atomic E-state index is 0.251. The Hall–Kier alpha value is -2.16. The number of hydrogen-bond donors (Lipinski definition) is 3. The van der Waals surface area contributed by atoms with Gasteiger partial charge >= 0.3 is 0 Å². The largest absolute Gasteiger partial charge is 0.508 e. The van der Waals surface area contributed by atoms with E-state index in [4.69, 9.17) is 10.8 Å². The molecule has 0 unspecified atom stereocenters. The minimum atomic E-state index is 0.251. The summed E-state index contributed by atoms with van der Waals surface area (Å²) in [4.78, 5) is 0. The Morgan fingerprint density at radius 2 is 1.60 bits per heavy atom. The fourth-order valence-corrected chi connectivity index (χ4v) is 1.31. The maximum absolute atomic E-state index is 9.12. The summed E-state index contributed by atoms with van der Waals surface area (Å²) < 4.78 is 0. The summed E-state index contributed by atoms with van der Waals surface area (Å²) in [5.74, 6) is 0.251. The van der Waals surface area contributed by atoms with Crippen molar-refractivity contribution >= 4 is 17.1 Å². The molecule has 0 amide bonds. The van der Waals surface area contributed by atoms with E-state index in [9.17, 15) is 0 Å². The summed E-state index contributed by atoms with van der Waals surface area (Å²) in [5, 5.41) is 12.3. The molecule has 0 spiro atoms. The predicted octanol–water partition coefficient (Wildman–Crippen LogP) is 2.72. The maximum Gasteiger partial charge on any atom is 0.115 e. The molecule has 0 aliphatic heterocycles. The molecule has 0 atom stereocenters. The first-order chi connectivity index (χ1) is 7.25. The van der Waals surface area contributed by atoms with Crippen LogP contribution in [-0.2, 0) is 0 Å². The summed E-state index contributed by atoms with van der Waals surface area (Å²) in [6.07, 6.45) is 0. The molecule has 0 aromatic heterocycles. The lowest BCUT2D eigenvalue weighted by atomic mass is 10.2. The third-order valence-electron chi connectivity index (χ3n) is 2.11. The van der Waals surface area contributed by atoms with Crippen LogP contribution in [0.3, 0.4) is 0 Å². The van der Waals surface area contributed by atoms with Crippen molar-refractivity contribution in [2.45, 2.75) is 0 Å². The van der Waals surface area contributed by atoms with Crippen molar-refractivity contribution in [1.29, 1.82) is 0 Å². The molecule has 0 aliphatic carbocycles. The lowest BCUT2D eigenvalue weighted by Crippen LogP contribution is -1.95. The van der Waals surface area contributed by atoms with Gasteiger partial charge in [-0.25, -0.2) is 0 Å². The number of para-hydroxylation sites is 2. The molecule has 0 fully saturated rings. The van der Waals surface area contributed by atoms with Gasteiger partial charge in [0.25, 0.3) is 0 Å². The van der Waals surface area contributed by atoms with Gasteiger partial charge in [-0.05, 0) is 36.4 Å². The van der Waals surface area contributed by atoms with E-state index in [1.807, 2.05) is 24.3 Å². The van der Waals surface area contributed by atoms with Crippen LogP contribution in [0.15, 0.2) is 48.5 Å². The molecule has 2 aromatic carbocycles. The molecular formula is C12H12N2O. The van der Waals surface area contributed by atoms with Crippen LogP contribution in [0.25, 0.3) is 0 Å². The number of nitrogens with two attached hydrogens (primary N) is 1. The van der Waals surface area contributed by atoms with Crippen molar-refractivity contribution in [3.63, 3.8) is 0 Å². The van der Waals surface area contributed by atoms with Crippen LogP contribution in [0.4, 0.5) is 17.1 Å². The van der Waals surface area contributed by atoms with Crippen LogP contribution in [-0.4, -0.2) is 5.11 Å². The Morgan fingerprint density at radius 1 is 0.933 bits per heavy atom. The number of hydrogen-bond acceptors (Lipinski definition) is 3. The molecule has 0 saturated heterocycles. The molecule has 0 saturated carbocycles. The molecule has 0 aliphatic rings. The van der Waals surface area contributed by atoms with E-state index >= 15 is 0 Å². The number of nitrogens with one attached hydrogen (secondary N) is 1. The smallest absolute Gasteiger partial charge is 0.115 e. The molecule has 2 aromatic rings. The average molecular weight is 200 g/mol. The first-order valence-corrected chi connectivity index (χ1v) is 4.66. The summed E-state index contributed by atoms with van der Waals surface area (Å²) in [7, 11) is 0. The second-order valence-electron chi connectivity index (χ2n) is 3.26. The highest BCUT2D eigenvalue weighted by Crippen LogP contribution is 2.23. The highest BCUT2D eigenvalue weighted by atomic mass is 16.3. The van der Waals surface area contributed by atoms with E-state index < -0.39 is 0 Å². The van der Waals surface area contributed by atoms with Gasteiger partial charge in [-0.15, -0.1) is 0 Å². The van der Waals surface area contributed by atoms with Gasteiger partial charge in [0.1, 0.15) is 5.75 Å². The van der Waals surface area contributed by atoms with Crippen LogP contribution in [0.2, 0.25) is 0 Å². The molecule has 0 radical (unpaired) electrons. The van der Waals surface area contributed by atoms with Crippen LogP contribution in [0, 0.1) is 0 Å². The standard InChI is InChI=1S/C12H12N2O/c13-11-3-1-2-4-12(11)14-9-5-7-10(15)8-6-9/h1-8,14-15H,13H2. The Balaban J connectivity index is 2.22. The monoisotopic (exact) mass is 200 g/mol. The van der Waals surface area contributed by atoms with Gasteiger partial charge < -0.3 is 16.2 Å². The lowest BCUT2D eigenvalue weighted by Gasteiger charge is -2.08. The van der Waals surface area contributed by atoms with Crippen LogP contribution >= 0.6 is 0 Å². The number of phenolic OH excluding ortho intramolecular Hbond substituents is 1. The van der Waals surface area contributed by atoms with Gasteiger partial charge in [-0.1, -0.05) is 12.1 Å². The third-order valence-corrected chi connectivity index (χ3v) is 2.11. The van der Waals surface area contributed by atoms with Crippen molar-refractivity contribution in [3.05, 3.63) is 48.5 Å². The number of nitrogen functional groups attached to an aromatic ring is 1. The fourth-order valence-electron chi connectivity index (χ4n) is 1.31. The van der Waals surface area contributed by atoms with Gasteiger partial charge in [-0.2, -0.15) is 0 Å². The molecular weight excluding hydrogens is 188 g/mol. The SMILES string of the molecule is Nc1ccccc1Nc1ccc(O)cc1. The normalized spacial score (nSPS) is 9.87. The van der Waals surface area contributed by atoms with Gasteiger partial charge in [0.05, 0.1) is 11.4 Å². The second-order valence-corrected chi connectivity index (χ2v) is 3.26. The van der Waals surface area contributed by atoms with Crippen LogP contribution < -0.4 is 11.1 Å². The zero-order chi connectivity index (χ0) is 10.7. The van der Waals surface area contributed by atoms with E-state index in [2.05, 4.69) is 5.32 Å². The highest BCUT2D eigenvalue weighted by Gasteiger charge is 1.97. The van der Waals surface area contributed by atoms with E-state index in [0.717, 1.165) is 11.4 Å². The Kier molecular flexibility index (Phi) is 2.46. The predicted molar refractivity (Wildman–Crippen MR) is 62.2 cm³/mol. The number of rotatable bonds is 2. The van der Waals surface area contributed by atoms with Crippen molar-refractivity contribution < 1.29 is 5.11 Å². The van der Waals surface area contributed by atoms with Gasteiger partial charge in [0, 0.05) is 5.69 Å². The number of aromatic hydroxyl groups is 1. The molecule has 0 heterocycles. The lowest BCUT2D eigenvalue weighted by molar-refractivity contribution is 0.475. The molecule has 15 heavy (non-hydrogen) atoms. The first-order valence-electron chi connectivity index (χ1n) is 4.66. The summed E-state index contributed by atoms with van der Waals surface area (Å²) in [6.45, 7) is 0. The first kappa shape index (κ1) is 9.40. The van der Waals surface area contributed by atoms with E-state index in [-0.39, 0.29) is 5.75 Å². The van der Waals surface area contributed by atoms with Crippen molar-refractivity contribution in [3.8, 4) is 5.75 Å². The van der Waals surface area contributed by atoms with Crippen LogP contribution in [0.5, 0.6) is 5.75 Å². The highest BCUT2D eigenvalue weighted by molar-refractivity contribution is 5.72. The minimum Gasteiger partial charge on any atom is -0.508 e. The third kappa shape index (κ3) is 2.20. The number of benzene rings is 2. The van der Waals surface area contributed by atoms with Crippen molar-refractivity contribution in [2.75, 3.05) is 11.1 Å². The van der Waals surface area contributed by atoms with Gasteiger partial charge in [0.15, 0.2) is 0 Å². The Morgan fingerprint density at radius 3 is 2.27 bits per heavy atom. The van der Waals surface area contributed by atoms with Gasteiger partial charge in [0.2, 0.25) is 0 Å². The zero-order valence-corrected chi connectivity index (χ0v) is 8.14. The average Bonchev–Trinajstić information content (AvgIpc) is 2.25.